The van der Waals surface area contributed by atoms with Crippen LogP contribution in [0.25, 0.3) is 10.8 Å². The number of phenolic OH excluding ortho intramolecular Hbond substituents is 1. The maximum atomic E-state index is 11.3. The molecule has 0 saturated carbocycles. The fourth-order valence-electron chi connectivity index (χ4n) is 2.24. The van der Waals surface area contributed by atoms with Gasteiger partial charge in [-0.15, -0.1) is 0 Å². The monoisotopic (exact) mass is 287 g/mol. The molecule has 1 atom stereocenters. The molecule has 1 aliphatic rings. The van der Waals surface area contributed by atoms with Gasteiger partial charge in [0.2, 0.25) is 0 Å². The third-order valence-corrected chi connectivity index (χ3v) is 4.63. The van der Waals surface area contributed by atoms with E-state index in [0.29, 0.717) is 5.56 Å². The highest BCUT2D eigenvalue weighted by Gasteiger charge is 2.20. The normalized spacial score (nSPS) is 20.9. The third-order valence-electron chi connectivity index (χ3n) is 3.25. The molecule has 0 aliphatic carbocycles. The standard InChI is InChI=1S/C15H13NO3S/c17-15-6-5-11-3-1-2-4-13(11)14(15)9-16-12-7-8-20(18,19)10-12/h1-9,12,17H,10H2/t12-/m1/s1. The van der Waals surface area contributed by atoms with Gasteiger partial charge in [0, 0.05) is 17.2 Å². The van der Waals surface area contributed by atoms with E-state index in [1.165, 1.54) is 5.41 Å². The molecule has 3 rings (SSSR count). The third kappa shape index (κ3) is 2.44. The molecule has 1 N–H and O–H groups in total. The molecule has 0 saturated heterocycles. The van der Waals surface area contributed by atoms with Gasteiger partial charge < -0.3 is 5.11 Å². The molecular weight excluding hydrogens is 274 g/mol. The van der Waals surface area contributed by atoms with E-state index in [0.717, 1.165) is 10.8 Å². The predicted molar refractivity (Wildman–Crippen MR) is 79.9 cm³/mol. The number of hydrogen-bond acceptors (Lipinski definition) is 4. The number of hydrogen-bond donors (Lipinski definition) is 1. The van der Waals surface area contributed by atoms with Crippen molar-refractivity contribution in [2.45, 2.75) is 6.04 Å². The lowest BCUT2D eigenvalue weighted by atomic mass is 10.0. The van der Waals surface area contributed by atoms with Gasteiger partial charge in [0.15, 0.2) is 9.84 Å². The molecule has 0 bridgehead atoms. The Labute approximate surface area is 117 Å². The summed E-state index contributed by atoms with van der Waals surface area (Å²) in [6.45, 7) is 0. The maximum Gasteiger partial charge on any atom is 0.173 e. The Kier molecular flexibility index (Phi) is 3.06. The fourth-order valence-corrected chi connectivity index (χ4v) is 3.45. The van der Waals surface area contributed by atoms with Crippen LogP contribution in [0.3, 0.4) is 0 Å². The Morgan fingerprint density at radius 2 is 2.00 bits per heavy atom. The Morgan fingerprint density at radius 3 is 2.75 bits per heavy atom. The average Bonchev–Trinajstić information content (AvgIpc) is 2.77. The number of sulfone groups is 1. The van der Waals surface area contributed by atoms with E-state index < -0.39 is 9.84 Å². The molecule has 2 aromatic carbocycles. The molecule has 2 aromatic rings. The van der Waals surface area contributed by atoms with Crippen LogP contribution in [-0.4, -0.2) is 31.5 Å². The topological polar surface area (TPSA) is 66.7 Å². The van der Waals surface area contributed by atoms with Crippen LogP contribution in [0.5, 0.6) is 5.75 Å². The molecule has 5 heteroatoms. The number of fused-ring (bicyclic) bond motifs is 1. The van der Waals surface area contributed by atoms with Crippen molar-refractivity contribution in [2.24, 2.45) is 4.99 Å². The lowest BCUT2D eigenvalue weighted by Gasteiger charge is -2.05. The Balaban J connectivity index is 1.99. The summed E-state index contributed by atoms with van der Waals surface area (Å²) < 4.78 is 22.6. The molecule has 0 aromatic heterocycles. The summed E-state index contributed by atoms with van der Waals surface area (Å²) in [6, 6.07) is 10.7. The molecular formula is C15H13NO3S. The van der Waals surface area contributed by atoms with E-state index in [1.807, 2.05) is 30.3 Å². The molecule has 0 radical (unpaired) electrons. The molecule has 0 amide bonds. The van der Waals surface area contributed by atoms with Gasteiger partial charge in [0.25, 0.3) is 0 Å². The average molecular weight is 287 g/mol. The molecule has 0 fully saturated rings. The molecule has 0 unspecified atom stereocenters. The number of aromatic hydroxyl groups is 1. The van der Waals surface area contributed by atoms with Crippen molar-refractivity contribution in [2.75, 3.05) is 5.75 Å². The van der Waals surface area contributed by atoms with Gasteiger partial charge in [-0.2, -0.15) is 0 Å². The zero-order valence-electron chi connectivity index (χ0n) is 10.6. The number of benzene rings is 2. The van der Waals surface area contributed by atoms with E-state index >= 15 is 0 Å². The highest BCUT2D eigenvalue weighted by atomic mass is 32.2. The van der Waals surface area contributed by atoms with Gasteiger partial charge in [0.05, 0.1) is 11.8 Å². The van der Waals surface area contributed by atoms with Crippen LogP contribution in [0.15, 0.2) is 52.9 Å². The van der Waals surface area contributed by atoms with Crippen LogP contribution in [0.1, 0.15) is 5.56 Å². The minimum absolute atomic E-state index is 0.00493. The van der Waals surface area contributed by atoms with Crippen molar-refractivity contribution in [1.29, 1.82) is 0 Å². The van der Waals surface area contributed by atoms with Crippen molar-refractivity contribution >= 4 is 26.8 Å². The summed E-state index contributed by atoms with van der Waals surface area (Å²) in [5.41, 5.74) is 0.612. The van der Waals surface area contributed by atoms with E-state index in [-0.39, 0.29) is 17.5 Å². The Hall–Kier alpha value is -2.14. The second kappa shape index (κ2) is 4.76. The van der Waals surface area contributed by atoms with Gasteiger partial charge in [-0.1, -0.05) is 30.3 Å². The first-order valence-electron chi connectivity index (χ1n) is 6.20. The zero-order valence-corrected chi connectivity index (χ0v) is 11.4. The molecule has 20 heavy (non-hydrogen) atoms. The van der Waals surface area contributed by atoms with E-state index in [1.54, 1.807) is 18.4 Å². The lowest BCUT2D eigenvalue weighted by molar-refractivity contribution is 0.475. The summed E-state index contributed by atoms with van der Waals surface area (Å²) >= 11 is 0. The van der Waals surface area contributed by atoms with Crippen LogP contribution < -0.4 is 0 Å². The summed E-state index contributed by atoms with van der Waals surface area (Å²) in [7, 11) is -3.11. The van der Waals surface area contributed by atoms with Gasteiger partial charge in [-0.05, 0) is 22.9 Å². The van der Waals surface area contributed by atoms with Crippen molar-refractivity contribution in [1.82, 2.24) is 0 Å². The van der Waals surface area contributed by atoms with Crippen molar-refractivity contribution in [3.63, 3.8) is 0 Å². The largest absolute Gasteiger partial charge is 0.507 e. The SMILES string of the molecule is O=S1(=O)C=C[C@@H](N=Cc2c(O)ccc3ccccc23)C1. The highest BCUT2D eigenvalue weighted by Crippen LogP contribution is 2.25. The number of aliphatic imine (C=N–C) groups is 1. The Bertz CT molecular complexity index is 822. The first-order chi connectivity index (χ1) is 9.55. The molecule has 0 spiro atoms. The second-order valence-corrected chi connectivity index (χ2v) is 6.65. The van der Waals surface area contributed by atoms with Gasteiger partial charge >= 0.3 is 0 Å². The summed E-state index contributed by atoms with van der Waals surface area (Å²) in [5.74, 6) is 0.131. The van der Waals surface area contributed by atoms with E-state index in [2.05, 4.69) is 4.99 Å². The predicted octanol–water partition coefficient (Wildman–Crippen LogP) is 2.28. The van der Waals surface area contributed by atoms with Crippen LogP contribution in [0.4, 0.5) is 0 Å². The van der Waals surface area contributed by atoms with Gasteiger partial charge in [-0.3, -0.25) is 4.99 Å². The maximum absolute atomic E-state index is 11.3. The van der Waals surface area contributed by atoms with E-state index in [9.17, 15) is 13.5 Å². The van der Waals surface area contributed by atoms with Crippen LogP contribution in [-0.2, 0) is 9.84 Å². The highest BCUT2D eigenvalue weighted by molar-refractivity contribution is 7.94. The van der Waals surface area contributed by atoms with Crippen molar-refractivity contribution in [3.05, 3.63) is 53.4 Å². The minimum atomic E-state index is -3.11. The molecule has 102 valence electrons. The number of nitrogens with zero attached hydrogens (tertiary/aromatic N) is 1. The van der Waals surface area contributed by atoms with Crippen LogP contribution in [0.2, 0.25) is 0 Å². The first-order valence-corrected chi connectivity index (χ1v) is 7.91. The summed E-state index contributed by atoms with van der Waals surface area (Å²) in [5, 5.41) is 13.0. The zero-order chi connectivity index (χ0) is 14.2. The second-order valence-electron chi connectivity index (χ2n) is 4.72. The first kappa shape index (κ1) is 12.9. The Morgan fingerprint density at radius 1 is 1.20 bits per heavy atom. The number of phenols is 1. The fraction of sp³-hybridized carbons (Fsp3) is 0.133. The minimum Gasteiger partial charge on any atom is -0.507 e. The summed E-state index contributed by atoms with van der Waals surface area (Å²) in [6.07, 6.45) is 3.11. The molecule has 1 heterocycles. The summed E-state index contributed by atoms with van der Waals surface area (Å²) in [4.78, 5) is 4.25. The molecule has 4 nitrogen and oxygen atoms in total. The number of rotatable bonds is 2. The van der Waals surface area contributed by atoms with Crippen molar-refractivity contribution in [3.8, 4) is 5.75 Å². The van der Waals surface area contributed by atoms with E-state index in [4.69, 9.17) is 0 Å². The van der Waals surface area contributed by atoms with Crippen LogP contribution >= 0.6 is 0 Å². The molecule has 1 aliphatic heterocycles. The van der Waals surface area contributed by atoms with Crippen molar-refractivity contribution < 1.29 is 13.5 Å². The van der Waals surface area contributed by atoms with Gasteiger partial charge in [0.1, 0.15) is 5.75 Å². The quantitative estimate of drug-likeness (QED) is 0.862. The van der Waals surface area contributed by atoms with Gasteiger partial charge in [-0.25, -0.2) is 8.42 Å². The van der Waals surface area contributed by atoms with Crippen LogP contribution in [0, 0.1) is 0 Å². The smallest absolute Gasteiger partial charge is 0.173 e. The lowest BCUT2D eigenvalue weighted by Crippen LogP contribution is -2.08.